The van der Waals surface area contributed by atoms with Crippen molar-refractivity contribution in [2.75, 3.05) is 6.54 Å². The van der Waals surface area contributed by atoms with E-state index in [1.54, 1.807) is 0 Å². The van der Waals surface area contributed by atoms with Gasteiger partial charge in [0.25, 0.3) is 0 Å². The van der Waals surface area contributed by atoms with Crippen molar-refractivity contribution < 1.29 is 0 Å². The Kier molecular flexibility index (Phi) is 3.00. The molecule has 3 aliphatic rings. The smallest absolute Gasteiger partial charge is 0.0207 e. The number of benzene rings is 1. The number of halogens is 1. The monoisotopic (exact) mass is 319 g/mol. The van der Waals surface area contributed by atoms with Crippen molar-refractivity contribution >= 4 is 15.9 Å². The van der Waals surface area contributed by atoms with E-state index in [4.69, 9.17) is 0 Å². The standard InChI is InChI=1S/C17H22BrN/c18-16-4-2-1-3-12(16)8-17(11-19-15-5-6-15)9-13-7-14(13)10-17/h1-4,13-15,19H,5-11H2. The molecule has 2 heteroatoms. The minimum absolute atomic E-state index is 0.542. The van der Waals surface area contributed by atoms with Crippen LogP contribution in [0.25, 0.3) is 0 Å². The number of rotatable bonds is 5. The van der Waals surface area contributed by atoms with Gasteiger partial charge in [-0.2, -0.15) is 0 Å². The lowest BCUT2D eigenvalue weighted by atomic mass is 9.77. The summed E-state index contributed by atoms with van der Waals surface area (Å²) in [5.74, 6) is 2.12. The molecule has 1 aromatic carbocycles. The summed E-state index contributed by atoms with van der Waals surface area (Å²) in [5, 5.41) is 3.80. The van der Waals surface area contributed by atoms with Crippen molar-refractivity contribution in [3.8, 4) is 0 Å². The second kappa shape index (κ2) is 4.60. The summed E-state index contributed by atoms with van der Waals surface area (Å²) >= 11 is 3.73. The molecular weight excluding hydrogens is 298 g/mol. The number of nitrogens with one attached hydrogen (secondary N) is 1. The molecular formula is C17H22BrN. The van der Waals surface area contributed by atoms with Crippen LogP contribution in [-0.4, -0.2) is 12.6 Å². The van der Waals surface area contributed by atoms with Crippen molar-refractivity contribution in [1.29, 1.82) is 0 Å². The van der Waals surface area contributed by atoms with E-state index < -0.39 is 0 Å². The molecule has 0 heterocycles. The molecule has 102 valence electrons. The molecule has 19 heavy (non-hydrogen) atoms. The highest BCUT2D eigenvalue weighted by atomic mass is 79.9. The molecule has 1 nitrogen and oxygen atoms in total. The lowest BCUT2D eigenvalue weighted by Gasteiger charge is -2.32. The molecule has 0 saturated heterocycles. The van der Waals surface area contributed by atoms with Gasteiger partial charge in [0.15, 0.2) is 0 Å². The average Bonchev–Trinajstić information content (AvgIpc) is 3.31. The predicted molar refractivity (Wildman–Crippen MR) is 82.1 cm³/mol. The zero-order chi connectivity index (χ0) is 12.9. The highest BCUT2D eigenvalue weighted by Gasteiger charge is 2.53. The third-order valence-electron chi connectivity index (χ3n) is 5.33. The summed E-state index contributed by atoms with van der Waals surface area (Å²) in [6, 6.07) is 9.63. The lowest BCUT2D eigenvalue weighted by Crippen LogP contribution is -2.36. The van der Waals surface area contributed by atoms with Crippen molar-refractivity contribution in [2.24, 2.45) is 17.3 Å². The summed E-state index contributed by atoms with van der Waals surface area (Å²) in [6.07, 6.45) is 8.48. The first-order valence-electron chi connectivity index (χ1n) is 7.71. The molecule has 1 aromatic rings. The van der Waals surface area contributed by atoms with Crippen LogP contribution in [0.2, 0.25) is 0 Å². The van der Waals surface area contributed by atoms with Gasteiger partial charge in [0, 0.05) is 17.1 Å². The summed E-state index contributed by atoms with van der Waals surface area (Å²) in [5.41, 5.74) is 2.04. The zero-order valence-corrected chi connectivity index (χ0v) is 13.0. The largest absolute Gasteiger partial charge is 0.313 e. The van der Waals surface area contributed by atoms with Gasteiger partial charge in [0.05, 0.1) is 0 Å². The van der Waals surface area contributed by atoms with Gasteiger partial charge >= 0.3 is 0 Å². The maximum Gasteiger partial charge on any atom is 0.0207 e. The minimum atomic E-state index is 0.542. The maximum absolute atomic E-state index is 3.80. The molecule has 0 amide bonds. The second-order valence-corrected chi connectivity index (χ2v) is 7.94. The summed E-state index contributed by atoms with van der Waals surface area (Å²) in [7, 11) is 0. The van der Waals surface area contributed by atoms with E-state index in [1.165, 1.54) is 55.1 Å². The normalized spacial score (nSPS) is 36.3. The summed E-state index contributed by atoms with van der Waals surface area (Å²) in [4.78, 5) is 0. The number of hydrogen-bond donors (Lipinski definition) is 1. The van der Waals surface area contributed by atoms with E-state index in [2.05, 4.69) is 45.5 Å². The molecule has 0 radical (unpaired) electrons. The molecule has 3 saturated carbocycles. The Bertz CT molecular complexity index is 470. The molecule has 0 aromatic heterocycles. The Hall–Kier alpha value is -0.340. The van der Waals surface area contributed by atoms with Crippen LogP contribution in [0.1, 0.15) is 37.7 Å². The highest BCUT2D eigenvalue weighted by Crippen LogP contribution is 2.60. The molecule has 0 aliphatic heterocycles. The van der Waals surface area contributed by atoms with Gasteiger partial charge in [-0.1, -0.05) is 34.1 Å². The van der Waals surface area contributed by atoms with Gasteiger partial charge in [-0.25, -0.2) is 0 Å². The topological polar surface area (TPSA) is 12.0 Å². The zero-order valence-electron chi connectivity index (χ0n) is 11.4. The fourth-order valence-corrected chi connectivity index (χ4v) is 4.48. The Morgan fingerprint density at radius 3 is 2.58 bits per heavy atom. The van der Waals surface area contributed by atoms with E-state index in [-0.39, 0.29) is 0 Å². The van der Waals surface area contributed by atoms with Crippen molar-refractivity contribution in [1.82, 2.24) is 5.32 Å². The Labute approximate surface area is 124 Å². The fraction of sp³-hybridized carbons (Fsp3) is 0.647. The molecule has 3 aliphatic carbocycles. The Morgan fingerprint density at radius 1 is 1.16 bits per heavy atom. The van der Waals surface area contributed by atoms with Gasteiger partial charge in [0.1, 0.15) is 0 Å². The van der Waals surface area contributed by atoms with Crippen molar-refractivity contribution in [3.05, 3.63) is 34.3 Å². The van der Waals surface area contributed by atoms with Crippen molar-refractivity contribution in [3.63, 3.8) is 0 Å². The third kappa shape index (κ3) is 2.62. The van der Waals surface area contributed by atoms with Crippen LogP contribution in [0, 0.1) is 17.3 Å². The Morgan fingerprint density at radius 2 is 1.89 bits per heavy atom. The van der Waals surface area contributed by atoms with Gasteiger partial charge in [0.2, 0.25) is 0 Å². The first-order chi connectivity index (χ1) is 9.24. The Balaban J connectivity index is 1.51. The molecule has 2 unspecified atom stereocenters. The van der Waals surface area contributed by atoms with Crippen molar-refractivity contribution in [2.45, 2.75) is 44.6 Å². The summed E-state index contributed by atoms with van der Waals surface area (Å²) < 4.78 is 1.29. The summed E-state index contributed by atoms with van der Waals surface area (Å²) in [6.45, 7) is 1.24. The number of hydrogen-bond acceptors (Lipinski definition) is 1. The quantitative estimate of drug-likeness (QED) is 0.859. The minimum Gasteiger partial charge on any atom is -0.313 e. The van der Waals surface area contributed by atoms with E-state index in [1.807, 2.05) is 0 Å². The average molecular weight is 320 g/mol. The third-order valence-corrected chi connectivity index (χ3v) is 6.10. The molecule has 2 atom stereocenters. The van der Waals surface area contributed by atoms with E-state index in [9.17, 15) is 0 Å². The second-order valence-electron chi connectivity index (χ2n) is 7.09. The SMILES string of the molecule is Brc1ccccc1CC1(CNC2CC2)CC2CC2C1. The van der Waals surface area contributed by atoms with E-state index in [0.29, 0.717) is 5.41 Å². The molecule has 3 fully saturated rings. The van der Waals surface area contributed by atoms with Gasteiger partial charge in [-0.05, 0) is 67.4 Å². The maximum atomic E-state index is 3.80. The van der Waals surface area contributed by atoms with E-state index in [0.717, 1.165) is 17.9 Å². The fourth-order valence-electron chi connectivity index (χ4n) is 4.05. The molecule has 0 bridgehead atoms. The number of fused-ring (bicyclic) bond motifs is 1. The van der Waals surface area contributed by atoms with Crippen LogP contribution >= 0.6 is 15.9 Å². The van der Waals surface area contributed by atoms with Crippen LogP contribution in [-0.2, 0) is 6.42 Å². The van der Waals surface area contributed by atoms with Gasteiger partial charge in [-0.3, -0.25) is 0 Å². The van der Waals surface area contributed by atoms with Gasteiger partial charge in [-0.15, -0.1) is 0 Å². The predicted octanol–water partition coefficient (Wildman–Crippen LogP) is 4.16. The first-order valence-corrected chi connectivity index (χ1v) is 8.50. The molecule has 0 spiro atoms. The van der Waals surface area contributed by atoms with Crippen LogP contribution < -0.4 is 5.32 Å². The van der Waals surface area contributed by atoms with Crippen LogP contribution in [0.3, 0.4) is 0 Å². The molecule has 1 N–H and O–H groups in total. The van der Waals surface area contributed by atoms with Crippen LogP contribution in [0.4, 0.5) is 0 Å². The highest BCUT2D eigenvalue weighted by molar-refractivity contribution is 9.10. The van der Waals surface area contributed by atoms with E-state index >= 15 is 0 Å². The van der Waals surface area contributed by atoms with Crippen LogP contribution in [0.5, 0.6) is 0 Å². The molecule has 4 rings (SSSR count). The first kappa shape index (κ1) is 12.4. The lowest BCUT2D eigenvalue weighted by molar-refractivity contribution is 0.247. The van der Waals surface area contributed by atoms with Gasteiger partial charge < -0.3 is 5.32 Å². The van der Waals surface area contributed by atoms with Crippen LogP contribution in [0.15, 0.2) is 28.7 Å².